The van der Waals surface area contributed by atoms with Gasteiger partial charge in [0.2, 0.25) is 5.91 Å². The molecule has 0 aromatic heterocycles. The Morgan fingerprint density at radius 2 is 1.95 bits per heavy atom. The number of nitrogens with zero attached hydrogens (tertiary/aromatic N) is 1. The molecule has 37 heavy (non-hydrogen) atoms. The molecule has 8 heteroatoms. The summed E-state index contributed by atoms with van der Waals surface area (Å²) in [4.78, 5) is 42.2. The first-order valence-corrected chi connectivity index (χ1v) is 15.0. The maximum atomic E-state index is 13.6. The molecule has 2 saturated heterocycles. The van der Waals surface area contributed by atoms with Gasteiger partial charge in [-0.25, -0.2) is 4.79 Å². The average Bonchev–Trinajstić information content (AvgIpc) is 3.59. The number of alkyl carbamates (subject to hydrolysis) is 1. The van der Waals surface area contributed by atoms with Gasteiger partial charge < -0.3 is 14.7 Å². The summed E-state index contributed by atoms with van der Waals surface area (Å²) in [6.45, 7) is 11.2. The van der Waals surface area contributed by atoms with Crippen molar-refractivity contribution >= 4 is 29.4 Å². The van der Waals surface area contributed by atoms with E-state index in [1.807, 2.05) is 0 Å². The van der Waals surface area contributed by atoms with E-state index in [2.05, 4.69) is 37.9 Å². The van der Waals surface area contributed by atoms with Gasteiger partial charge in [0.25, 0.3) is 0 Å². The van der Waals surface area contributed by atoms with E-state index in [1.165, 1.54) is 0 Å². The number of Topliss-reactive ketones (excluding diaryl/α,β-unsaturated/α-hetero) is 1. The number of hydrogen-bond acceptors (Lipinski definition) is 6. The summed E-state index contributed by atoms with van der Waals surface area (Å²) in [7, 11) is 0. The molecule has 4 bridgehead atoms. The van der Waals surface area contributed by atoms with Gasteiger partial charge in [0.15, 0.2) is 0 Å². The normalized spacial score (nSPS) is 48.8. The Labute approximate surface area is 226 Å². The second-order valence-corrected chi connectivity index (χ2v) is 14.0. The number of ketones is 1. The summed E-state index contributed by atoms with van der Waals surface area (Å²) in [5.41, 5.74) is -1.39. The van der Waals surface area contributed by atoms with Gasteiger partial charge in [-0.1, -0.05) is 27.7 Å². The van der Waals surface area contributed by atoms with Crippen LogP contribution in [0.25, 0.3) is 0 Å². The van der Waals surface area contributed by atoms with Crippen LogP contribution in [0.1, 0.15) is 79.1 Å². The number of aliphatic hydroxyl groups excluding tert-OH is 1. The van der Waals surface area contributed by atoms with E-state index >= 15 is 0 Å². The van der Waals surface area contributed by atoms with Crippen LogP contribution in [0.5, 0.6) is 0 Å². The smallest absolute Gasteiger partial charge is 0.414 e. The highest BCUT2D eigenvalue weighted by molar-refractivity contribution is 6.17. The monoisotopic (exact) mass is 536 g/mol. The van der Waals surface area contributed by atoms with Crippen LogP contribution in [0.3, 0.4) is 0 Å². The minimum absolute atomic E-state index is 0.0414. The van der Waals surface area contributed by atoms with Crippen LogP contribution in [-0.4, -0.2) is 65.5 Å². The molecule has 7 nitrogen and oxygen atoms in total. The van der Waals surface area contributed by atoms with Crippen molar-refractivity contribution in [2.75, 3.05) is 25.5 Å². The van der Waals surface area contributed by atoms with Crippen molar-refractivity contribution < 1.29 is 24.2 Å². The van der Waals surface area contributed by atoms with E-state index in [0.717, 1.165) is 45.2 Å². The predicted octanol–water partition coefficient (Wildman–Crippen LogP) is 4.39. The molecular weight excluding hydrogens is 492 g/mol. The predicted molar refractivity (Wildman–Crippen MR) is 141 cm³/mol. The molecule has 2 N–H and O–H groups in total. The lowest BCUT2D eigenvalue weighted by molar-refractivity contribution is -0.199. The Hall–Kier alpha value is -1.18. The molecular formula is C29H45ClN2O5. The number of hydrogen-bond donors (Lipinski definition) is 2. The number of alkyl halides is 1. The van der Waals surface area contributed by atoms with Crippen molar-refractivity contribution in [3.05, 3.63) is 0 Å². The Balaban J connectivity index is 1.46. The van der Waals surface area contributed by atoms with Crippen LogP contribution >= 0.6 is 11.6 Å². The lowest BCUT2D eigenvalue weighted by atomic mass is 9.43. The standard InChI is InChI=1S/C29H45ClN2O5/c1-17-6-10-29-11-7-21(33)23(29)28(17,4)22(14-27(3,9-5-12-30)24(34)18(29)2)37-26(36)31-25(35)20-16-32-13-8-19(20)15-32/h17-20,22-24,34H,5-16H2,1-4H3,(H,31,35,36)/t17-,18+,19+,20+,22-,23?,24+,27-,28+,29?/m1/s1. The van der Waals surface area contributed by atoms with Crippen LogP contribution in [0.2, 0.25) is 0 Å². The third-order valence-electron chi connectivity index (χ3n) is 11.9. The van der Waals surface area contributed by atoms with Crippen molar-refractivity contribution in [3.63, 3.8) is 0 Å². The summed E-state index contributed by atoms with van der Waals surface area (Å²) in [6.07, 6.45) is 4.07. The van der Waals surface area contributed by atoms with E-state index in [9.17, 15) is 19.5 Å². The number of carbonyl (C=O) groups is 3. The lowest BCUT2D eigenvalue weighted by Gasteiger charge is -2.62. The first-order chi connectivity index (χ1) is 17.5. The third-order valence-corrected chi connectivity index (χ3v) is 12.2. The topological polar surface area (TPSA) is 95.9 Å². The van der Waals surface area contributed by atoms with Crippen molar-refractivity contribution in [2.45, 2.75) is 91.3 Å². The highest BCUT2D eigenvalue weighted by Gasteiger charge is 2.68. The van der Waals surface area contributed by atoms with Crippen molar-refractivity contribution in [3.8, 4) is 0 Å². The first-order valence-electron chi connectivity index (χ1n) is 14.5. The first kappa shape index (κ1) is 27.4. The molecule has 11 atom stereocenters. The van der Waals surface area contributed by atoms with Gasteiger partial charge in [-0.15, -0.1) is 11.6 Å². The molecule has 5 fully saturated rings. The van der Waals surface area contributed by atoms with Crippen molar-refractivity contribution in [1.29, 1.82) is 0 Å². The number of ether oxygens (including phenoxy) is 1. The summed E-state index contributed by atoms with van der Waals surface area (Å²) < 4.78 is 6.23. The summed E-state index contributed by atoms with van der Waals surface area (Å²) in [6, 6.07) is 0. The number of fused-ring (bicyclic) bond motifs is 2. The van der Waals surface area contributed by atoms with E-state index in [4.69, 9.17) is 16.3 Å². The van der Waals surface area contributed by atoms with Gasteiger partial charge in [-0.2, -0.15) is 0 Å². The molecule has 208 valence electrons. The van der Waals surface area contributed by atoms with Crippen LogP contribution in [0, 0.1) is 45.8 Å². The number of rotatable bonds is 5. The number of halogens is 1. The van der Waals surface area contributed by atoms with E-state index in [1.54, 1.807) is 0 Å². The number of piperidine rings is 1. The fraction of sp³-hybridized carbons (Fsp3) is 0.897. The van der Waals surface area contributed by atoms with Gasteiger partial charge >= 0.3 is 6.09 Å². The number of aliphatic hydroxyl groups is 1. The minimum atomic E-state index is -0.717. The number of imide groups is 1. The van der Waals surface area contributed by atoms with Gasteiger partial charge in [0.05, 0.1) is 12.0 Å². The SMILES string of the molecule is C[C@@H]1CCC23CCC(=O)C2[C@]1(C)[C@H](OC(=O)NC(=O)[C@H]1CN2CC[C@H]1C2)C[C@@](C)(CCCCl)[C@@H](O)[C@@H]3C. The molecule has 0 spiro atoms. The highest BCUT2D eigenvalue weighted by atomic mass is 35.5. The zero-order valence-corrected chi connectivity index (χ0v) is 23.7. The van der Waals surface area contributed by atoms with Crippen molar-refractivity contribution in [2.24, 2.45) is 45.8 Å². The Kier molecular flexibility index (Phi) is 7.24. The molecule has 2 heterocycles. The Bertz CT molecular complexity index is 945. The Morgan fingerprint density at radius 3 is 2.59 bits per heavy atom. The second kappa shape index (κ2) is 9.78. The largest absolute Gasteiger partial charge is 0.445 e. The lowest BCUT2D eigenvalue weighted by Crippen LogP contribution is -2.63. The van der Waals surface area contributed by atoms with Crippen LogP contribution in [0.15, 0.2) is 0 Å². The average molecular weight is 537 g/mol. The number of nitrogens with one attached hydrogen (secondary N) is 1. The summed E-state index contributed by atoms with van der Waals surface area (Å²) in [5, 5.41) is 14.4. The maximum absolute atomic E-state index is 13.6. The van der Waals surface area contributed by atoms with Gasteiger partial charge in [0.1, 0.15) is 11.9 Å². The summed E-state index contributed by atoms with van der Waals surface area (Å²) >= 11 is 6.10. The van der Waals surface area contributed by atoms with Gasteiger partial charge in [-0.05, 0) is 80.1 Å². The molecule has 3 saturated carbocycles. The molecule has 5 aliphatic rings. The van der Waals surface area contributed by atoms with E-state index < -0.39 is 29.1 Å². The fourth-order valence-corrected chi connectivity index (χ4v) is 9.64. The minimum Gasteiger partial charge on any atom is -0.445 e. The maximum Gasteiger partial charge on any atom is 0.414 e. The van der Waals surface area contributed by atoms with Gasteiger partial charge in [0, 0.05) is 36.7 Å². The molecule has 0 aromatic rings. The number of amides is 2. The second-order valence-electron chi connectivity index (χ2n) is 13.6. The molecule has 2 aliphatic heterocycles. The van der Waals surface area contributed by atoms with Crippen LogP contribution in [-0.2, 0) is 14.3 Å². The van der Waals surface area contributed by atoms with Gasteiger partial charge in [-0.3, -0.25) is 14.9 Å². The molecule has 3 aliphatic carbocycles. The van der Waals surface area contributed by atoms with Crippen LogP contribution < -0.4 is 5.32 Å². The molecule has 0 aromatic carbocycles. The third kappa shape index (κ3) is 4.26. The summed E-state index contributed by atoms with van der Waals surface area (Å²) in [5.74, 6) is 0.461. The zero-order chi connectivity index (χ0) is 26.8. The Morgan fingerprint density at radius 1 is 1.19 bits per heavy atom. The molecule has 0 radical (unpaired) electrons. The van der Waals surface area contributed by atoms with Crippen molar-refractivity contribution in [1.82, 2.24) is 10.2 Å². The number of carbonyl (C=O) groups excluding carboxylic acids is 3. The van der Waals surface area contributed by atoms with Crippen LogP contribution in [0.4, 0.5) is 4.79 Å². The van der Waals surface area contributed by atoms with E-state index in [-0.39, 0.29) is 40.8 Å². The zero-order valence-electron chi connectivity index (χ0n) is 22.9. The molecule has 5 rings (SSSR count). The van der Waals surface area contributed by atoms with E-state index in [0.29, 0.717) is 37.6 Å². The molecule has 2 amide bonds. The highest BCUT2D eigenvalue weighted by Crippen LogP contribution is 2.68. The fourth-order valence-electron chi connectivity index (χ4n) is 9.51. The molecule has 3 unspecified atom stereocenters. The quantitative estimate of drug-likeness (QED) is 0.506.